The van der Waals surface area contributed by atoms with Crippen LogP contribution in [0.5, 0.6) is 11.5 Å². The average molecular weight is 282 g/mol. The largest absolute Gasteiger partial charge is 0.507 e. The van der Waals surface area contributed by atoms with Crippen molar-refractivity contribution < 1.29 is 19.4 Å². The maximum atomic E-state index is 12.5. The van der Waals surface area contributed by atoms with Crippen LogP contribution >= 0.6 is 0 Å². The van der Waals surface area contributed by atoms with E-state index in [-0.39, 0.29) is 17.1 Å². The third kappa shape index (κ3) is 1.96. The van der Waals surface area contributed by atoms with Crippen molar-refractivity contribution in [3.8, 4) is 11.5 Å². The number of methoxy groups -OCH3 is 2. The molecule has 1 aliphatic carbocycles. The van der Waals surface area contributed by atoms with E-state index in [4.69, 9.17) is 9.47 Å². The number of benzene rings is 2. The number of allylic oxidation sites excluding steroid dienone is 1. The minimum Gasteiger partial charge on any atom is -0.507 e. The van der Waals surface area contributed by atoms with E-state index in [1.807, 2.05) is 0 Å². The fraction of sp³-hybridized carbons (Fsp3) is 0.118. The first-order valence-corrected chi connectivity index (χ1v) is 6.47. The van der Waals surface area contributed by atoms with Crippen LogP contribution in [0.15, 0.2) is 42.5 Å². The summed E-state index contributed by atoms with van der Waals surface area (Å²) in [5, 5.41) is 10.3. The number of aliphatic hydroxyl groups excluding tert-OH is 1. The number of rotatable bonds is 3. The van der Waals surface area contributed by atoms with Crippen molar-refractivity contribution in [2.45, 2.75) is 0 Å². The van der Waals surface area contributed by atoms with Crippen molar-refractivity contribution in [2.24, 2.45) is 0 Å². The molecule has 4 nitrogen and oxygen atoms in total. The number of aliphatic hydroxyl groups is 1. The molecule has 1 N–H and O–H groups in total. The monoisotopic (exact) mass is 282 g/mol. The van der Waals surface area contributed by atoms with Crippen LogP contribution in [0, 0.1) is 0 Å². The van der Waals surface area contributed by atoms with Gasteiger partial charge in [-0.2, -0.15) is 0 Å². The van der Waals surface area contributed by atoms with Gasteiger partial charge in [0, 0.05) is 11.1 Å². The van der Waals surface area contributed by atoms with Crippen molar-refractivity contribution in [3.05, 3.63) is 59.2 Å². The van der Waals surface area contributed by atoms with Gasteiger partial charge in [-0.05, 0) is 17.7 Å². The molecular weight excluding hydrogens is 268 g/mol. The summed E-state index contributed by atoms with van der Waals surface area (Å²) in [6.45, 7) is 0. The van der Waals surface area contributed by atoms with Gasteiger partial charge in [0.15, 0.2) is 17.3 Å². The summed E-state index contributed by atoms with van der Waals surface area (Å²) >= 11 is 0. The van der Waals surface area contributed by atoms with Crippen LogP contribution in [-0.2, 0) is 0 Å². The van der Waals surface area contributed by atoms with E-state index < -0.39 is 0 Å². The number of carbonyl (C=O) groups excluding carboxylic acids is 1. The summed E-state index contributed by atoms with van der Waals surface area (Å²) < 4.78 is 10.4. The predicted molar refractivity (Wildman–Crippen MR) is 79.8 cm³/mol. The molecule has 3 rings (SSSR count). The molecular formula is C17H14O4. The third-order valence-electron chi connectivity index (χ3n) is 3.56. The SMILES string of the molecule is COc1ccc(C2=C(O)c3ccccc3C2=O)cc1OC. The van der Waals surface area contributed by atoms with Crippen LogP contribution in [0.25, 0.3) is 11.3 Å². The second-order valence-corrected chi connectivity index (χ2v) is 4.67. The van der Waals surface area contributed by atoms with Gasteiger partial charge in [-0.1, -0.05) is 30.3 Å². The minimum absolute atomic E-state index is 0.00261. The van der Waals surface area contributed by atoms with Crippen LogP contribution in [-0.4, -0.2) is 25.1 Å². The van der Waals surface area contributed by atoms with Crippen molar-refractivity contribution in [1.82, 2.24) is 0 Å². The van der Waals surface area contributed by atoms with E-state index in [1.54, 1.807) is 49.6 Å². The Morgan fingerprint density at radius 3 is 2.19 bits per heavy atom. The lowest BCUT2D eigenvalue weighted by molar-refractivity contribution is 0.105. The first-order chi connectivity index (χ1) is 10.2. The van der Waals surface area contributed by atoms with Gasteiger partial charge in [0.1, 0.15) is 5.76 Å². The van der Waals surface area contributed by atoms with Gasteiger partial charge in [0.05, 0.1) is 19.8 Å². The van der Waals surface area contributed by atoms with Gasteiger partial charge in [0.2, 0.25) is 0 Å². The van der Waals surface area contributed by atoms with E-state index in [2.05, 4.69) is 0 Å². The molecule has 106 valence electrons. The molecule has 0 saturated carbocycles. The standard InChI is InChI=1S/C17H14O4/c1-20-13-8-7-10(9-14(13)21-2)15-16(18)11-5-3-4-6-12(11)17(15)19/h3-9,18H,1-2H3. The van der Waals surface area contributed by atoms with Gasteiger partial charge in [0.25, 0.3) is 0 Å². The molecule has 0 aromatic heterocycles. The number of ketones is 1. The van der Waals surface area contributed by atoms with Crippen LogP contribution < -0.4 is 9.47 Å². The summed E-state index contributed by atoms with van der Waals surface area (Å²) in [4.78, 5) is 12.5. The zero-order valence-electron chi connectivity index (χ0n) is 11.7. The predicted octanol–water partition coefficient (Wildman–Crippen LogP) is 3.33. The molecule has 0 unspecified atom stereocenters. The summed E-state index contributed by atoms with van der Waals surface area (Å²) in [6.07, 6.45) is 0. The highest BCUT2D eigenvalue weighted by Crippen LogP contribution is 2.39. The summed E-state index contributed by atoms with van der Waals surface area (Å²) in [7, 11) is 3.08. The zero-order chi connectivity index (χ0) is 15.0. The Kier molecular flexibility index (Phi) is 3.14. The van der Waals surface area contributed by atoms with Gasteiger partial charge in [-0.3, -0.25) is 4.79 Å². The molecule has 0 saturated heterocycles. The smallest absolute Gasteiger partial charge is 0.198 e. The number of hydrogen-bond acceptors (Lipinski definition) is 4. The van der Waals surface area contributed by atoms with E-state index in [1.165, 1.54) is 7.11 Å². The molecule has 2 aromatic carbocycles. The highest BCUT2D eigenvalue weighted by molar-refractivity contribution is 6.38. The Balaban J connectivity index is 2.14. The third-order valence-corrected chi connectivity index (χ3v) is 3.56. The first-order valence-electron chi connectivity index (χ1n) is 6.47. The molecule has 0 radical (unpaired) electrons. The second-order valence-electron chi connectivity index (χ2n) is 4.67. The Hall–Kier alpha value is -2.75. The van der Waals surface area contributed by atoms with Crippen LogP contribution in [0.1, 0.15) is 21.5 Å². The van der Waals surface area contributed by atoms with Gasteiger partial charge in [-0.25, -0.2) is 0 Å². The van der Waals surface area contributed by atoms with Crippen molar-refractivity contribution in [2.75, 3.05) is 14.2 Å². The lowest BCUT2D eigenvalue weighted by atomic mass is 10.0. The van der Waals surface area contributed by atoms with Crippen LogP contribution in [0.2, 0.25) is 0 Å². The maximum Gasteiger partial charge on any atom is 0.198 e. The molecule has 0 fully saturated rings. The maximum absolute atomic E-state index is 12.5. The van der Waals surface area contributed by atoms with Gasteiger partial charge < -0.3 is 14.6 Å². The highest BCUT2D eigenvalue weighted by atomic mass is 16.5. The molecule has 0 heterocycles. The highest BCUT2D eigenvalue weighted by Gasteiger charge is 2.30. The van der Waals surface area contributed by atoms with E-state index in [9.17, 15) is 9.90 Å². The Labute approximate surface area is 122 Å². The average Bonchev–Trinajstić information content (AvgIpc) is 2.78. The summed E-state index contributed by atoms with van der Waals surface area (Å²) in [6, 6.07) is 12.1. The zero-order valence-corrected chi connectivity index (χ0v) is 11.7. The molecule has 0 atom stereocenters. The Bertz CT molecular complexity index is 759. The molecule has 0 bridgehead atoms. The number of ether oxygens (including phenoxy) is 2. The van der Waals surface area contributed by atoms with Crippen molar-refractivity contribution >= 4 is 17.1 Å². The summed E-state index contributed by atoms with van der Waals surface area (Å²) in [5.74, 6) is 0.904. The molecule has 21 heavy (non-hydrogen) atoms. The number of Topliss-reactive ketones (excluding diaryl/α,β-unsaturated/α-hetero) is 1. The lowest BCUT2D eigenvalue weighted by Gasteiger charge is -2.10. The van der Waals surface area contributed by atoms with Gasteiger partial charge in [-0.15, -0.1) is 0 Å². The topological polar surface area (TPSA) is 55.8 Å². The van der Waals surface area contributed by atoms with Crippen LogP contribution in [0.4, 0.5) is 0 Å². The van der Waals surface area contributed by atoms with E-state index in [0.717, 1.165) is 0 Å². The lowest BCUT2D eigenvalue weighted by Crippen LogP contribution is -1.99. The van der Waals surface area contributed by atoms with Crippen LogP contribution in [0.3, 0.4) is 0 Å². The Morgan fingerprint density at radius 2 is 1.57 bits per heavy atom. The van der Waals surface area contributed by atoms with Crippen molar-refractivity contribution in [1.29, 1.82) is 0 Å². The molecule has 0 spiro atoms. The van der Waals surface area contributed by atoms with E-state index in [0.29, 0.717) is 28.2 Å². The second kappa shape index (κ2) is 4.98. The molecule has 0 amide bonds. The fourth-order valence-corrected chi connectivity index (χ4v) is 2.52. The first kappa shape index (κ1) is 13.2. The molecule has 1 aliphatic rings. The van der Waals surface area contributed by atoms with Crippen molar-refractivity contribution in [3.63, 3.8) is 0 Å². The number of hydrogen-bond donors (Lipinski definition) is 1. The molecule has 2 aromatic rings. The fourth-order valence-electron chi connectivity index (χ4n) is 2.52. The summed E-state index contributed by atoms with van der Waals surface area (Å²) in [5.41, 5.74) is 1.97. The van der Waals surface area contributed by atoms with Gasteiger partial charge >= 0.3 is 0 Å². The quantitative estimate of drug-likeness (QED) is 0.938. The minimum atomic E-state index is -0.185. The van der Waals surface area contributed by atoms with E-state index >= 15 is 0 Å². The number of fused-ring (bicyclic) bond motifs is 1. The number of carbonyl (C=O) groups is 1. The normalized spacial score (nSPS) is 13.3. The Morgan fingerprint density at radius 1 is 0.905 bits per heavy atom. The molecule has 0 aliphatic heterocycles. The molecule has 4 heteroatoms.